The standard InChI is InChI=1S/C13H8ClFO/c14-13(16)10-6-4-9(5-7-10)11-2-1-3-12(15)8-11/h1-8H. The molecule has 3 heteroatoms. The molecule has 0 radical (unpaired) electrons. The summed E-state index contributed by atoms with van der Waals surface area (Å²) in [5, 5.41) is -0.495. The minimum absolute atomic E-state index is 0.282. The van der Waals surface area contributed by atoms with Crippen molar-refractivity contribution in [1.82, 2.24) is 0 Å². The Morgan fingerprint density at radius 1 is 1.00 bits per heavy atom. The predicted octanol–water partition coefficient (Wildman–Crippen LogP) is 3.87. The Bertz CT molecular complexity index is 520. The van der Waals surface area contributed by atoms with Crippen LogP contribution in [-0.4, -0.2) is 5.24 Å². The van der Waals surface area contributed by atoms with Crippen molar-refractivity contribution in [3.05, 3.63) is 59.9 Å². The van der Waals surface area contributed by atoms with Crippen LogP contribution in [0, 0.1) is 5.82 Å². The zero-order valence-electron chi connectivity index (χ0n) is 8.28. The number of hydrogen-bond acceptors (Lipinski definition) is 1. The topological polar surface area (TPSA) is 17.1 Å². The molecule has 0 aliphatic heterocycles. The van der Waals surface area contributed by atoms with Crippen LogP contribution >= 0.6 is 11.6 Å². The number of halogens is 2. The Kier molecular flexibility index (Phi) is 3.02. The maximum absolute atomic E-state index is 13.0. The molecule has 0 bridgehead atoms. The zero-order valence-corrected chi connectivity index (χ0v) is 9.04. The van der Waals surface area contributed by atoms with Crippen molar-refractivity contribution < 1.29 is 9.18 Å². The molecule has 0 atom stereocenters. The van der Waals surface area contributed by atoms with Gasteiger partial charge in [-0.1, -0.05) is 24.3 Å². The van der Waals surface area contributed by atoms with E-state index in [0.717, 1.165) is 11.1 Å². The molecule has 0 heterocycles. The minimum Gasteiger partial charge on any atom is -0.276 e. The lowest BCUT2D eigenvalue weighted by atomic mass is 10.0. The third-order valence-electron chi connectivity index (χ3n) is 2.27. The van der Waals surface area contributed by atoms with Gasteiger partial charge in [0.1, 0.15) is 5.82 Å². The van der Waals surface area contributed by atoms with Gasteiger partial charge in [0, 0.05) is 5.56 Å². The summed E-state index contributed by atoms with van der Waals surface area (Å²) in [5.41, 5.74) is 2.05. The van der Waals surface area contributed by atoms with Crippen LogP contribution < -0.4 is 0 Å². The summed E-state index contributed by atoms with van der Waals surface area (Å²) in [6.45, 7) is 0. The monoisotopic (exact) mass is 234 g/mol. The summed E-state index contributed by atoms with van der Waals surface area (Å²) in [5.74, 6) is -0.282. The molecule has 0 unspecified atom stereocenters. The Hall–Kier alpha value is -1.67. The molecular weight excluding hydrogens is 227 g/mol. The molecule has 0 saturated carbocycles. The van der Waals surface area contributed by atoms with Gasteiger partial charge in [-0.2, -0.15) is 0 Å². The van der Waals surface area contributed by atoms with E-state index in [0.29, 0.717) is 5.56 Å². The quantitative estimate of drug-likeness (QED) is 0.721. The van der Waals surface area contributed by atoms with Gasteiger partial charge in [-0.25, -0.2) is 4.39 Å². The van der Waals surface area contributed by atoms with Gasteiger partial charge >= 0.3 is 0 Å². The van der Waals surface area contributed by atoms with Crippen molar-refractivity contribution in [3.63, 3.8) is 0 Å². The normalized spacial score (nSPS) is 10.1. The van der Waals surface area contributed by atoms with Crippen LogP contribution in [0.2, 0.25) is 0 Å². The molecule has 0 aliphatic rings. The van der Waals surface area contributed by atoms with Crippen LogP contribution in [-0.2, 0) is 0 Å². The van der Waals surface area contributed by atoms with E-state index < -0.39 is 5.24 Å². The van der Waals surface area contributed by atoms with Crippen molar-refractivity contribution >= 4 is 16.8 Å². The molecule has 2 rings (SSSR count). The van der Waals surface area contributed by atoms with E-state index in [-0.39, 0.29) is 5.82 Å². The Labute approximate surface area is 97.5 Å². The maximum atomic E-state index is 13.0. The van der Waals surface area contributed by atoms with Gasteiger partial charge in [-0.3, -0.25) is 4.79 Å². The van der Waals surface area contributed by atoms with Gasteiger partial charge in [-0.05, 0) is 47.0 Å². The summed E-state index contributed by atoms with van der Waals surface area (Å²) in [6, 6.07) is 13.0. The van der Waals surface area contributed by atoms with E-state index in [1.807, 2.05) is 0 Å². The molecule has 0 N–H and O–H groups in total. The second-order valence-corrected chi connectivity index (χ2v) is 3.70. The van der Waals surface area contributed by atoms with E-state index >= 15 is 0 Å². The van der Waals surface area contributed by atoms with Crippen LogP contribution in [0.25, 0.3) is 11.1 Å². The molecule has 0 saturated heterocycles. The van der Waals surface area contributed by atoms with Crippen molar-refractivity contribution in [2.75, 3.05) is 0 Å². The summed E-state index contributed by atoms with van der Waals surface area (Å²) in [6.07, 6.45) is 0. The first kappa shape index (κ1) is 10.8. The predicted molar refractivity (Wildman–Crippen MR) is 62.0 cm³/mol. The second kappa shape index (κ2) is 4.45. The maximum Gasteiger partial charge on any atom is 0.252 e. The highest BCUT2D eigenvalue weighted by atomic mass is 35.5. The molecule has 2 aromatic carbocycles. The Morgan fingerprint density at radius 3 is 2.25 bits per heavy atom. The number of carbonyl (C=O) groups excluding carboxylic acids is 1. The van der Waals surface area contributed by atoms with Gasteiger partial charge in [0.2, 0.25) is 0 Å². The molecule has 16 heavy (non-hydrogen) atoms. The minimum atomic E-state index is -0.495. The first-order valence-corrected chi connectivity index (χ1v) is 5.10. The highest BCUT2D eigenvalue weighted by Crippen LogP contribution is 2.20. The number of rotatable bonds is 2. The van der Waals surface area contributed by atoms with Crippen LogP contribution in [0.3, 0.4) is 0 Å². The van der Waals surface area contributed by atoms with Crippen LogP contribution in [0.4, 0.5) is 4.39 Å². The molecule has 0 amide bonds. The highest BCUT2D eigenvalue weighted by molar-refractivity contribution is 6.67. The van der Waals surface area contributed by atoms with E-state index in [4.69, 9.17) is 11.6 Å². The van der Waals surface area contributed by atoms with Gasteiger partial charge < -0.3 is 0 Å². The largest absolute Gasteiger partial charge is 0.276 e. The van der Waals surface area contributed by atoms with Crippen molar-refractivity contribution in [3.8, 4) is 11.1 Å². The molecule has 0 fully saturated rings. The van der Waals surface area contributed by atoms with E-state index in [2.05, 4.69) is 0 Å². The van der Waals surface area contributed by atoms with Crippen LogP contribution in [0.1, 0.15) is 10.4 Å². The lowest BCUT2D eigenvalue weighted by Crippen LogP contribution is -1.88. The molecule has 1 nitrogen and oxygen atoms in total. The SMILES string of the molecule is O=C(Cl)c1ccc(-c2cccc(F)c2)cc1. The van der Waals surface area contributed by atoms with Gasteiger partial charge in [0.25, 0.3) is 5.24 Å². The summed E-state index contributed by atoms with van der Waals surface area (Å²) in [4.78, 5) is 10.9. The lowest BCUT2D eigenvalue weighted by molar-refractivity contribution is 0.108. The van der Waals surface area contributed by atoms with Crippen LogP contribution in [0.15, 0.2) is 48.5 Å². The first-order chi connectivity index (χ1) is 7.66. The average molecular weight is 235 g/mol. The van der Waals surface area contributed by atoms with Gasteiger partial charge in [0.15, 0.2) is 0 Å². The second-order valence-electron chi connectivity index (χ2n) is 3.36. The fraction of sp³-hybridized carbons (Fsp3) is 0. The fourth-order valence-electron chi connectivity index (χ4n) is 1.46. The van der Waals surface area contributed by atoms with Crippen molar-refractivity contribution in [1.29, 1.82) is 0 Å². The van der Waals surface area contributed by atoms with Gasteiger partial charge in [0.05, 0.1) is 0 Å². The summed E-state index contributed by atoms with van der Waals surface area (Å²) in [7, 11) is 0. The molecular formula is C13H8ClFO. The Balaban J connectivity index is 2.38. The van der Waals surface area contributed by atoms with Crippen molar-refractivity contribution in [2.45, 2.75) is 0 Å². The average Bonchev–Trinajstić information content (AvgIpc) is 2.29. The number of benzene rings is 2. The Morgan fingerprint density at radius 2 is 1.69 bits per heavy atom. The first-order valence-electron chi connectivity index (χ1n) is 4.72. The molecule has 80 valence electrons. The van der Waals surface area contributed by atoms with E-state index in [1.165, 1.54) is 12.1 Å². The summed E-state index contributed by atoms with van der Waals surface area (Å²) < 4.78 is 13.0. The number of carbonyl (C=O) groups is 1. The molecule has 0 spiro atoms. The van der Waals surface area contributed by atoms with Crippen molar-refractivity contribution in [2.24, 2.45) is 0 Å². The highest BCUT2D eigenvalue weighted by Gasteiger charge is 2.02. The van der Waals surface area contributed by atoms with Gasteiger partial charge in [-0.15, -0.1) is 0 Å². The number of hydrogen-bond donors (Lipinski definition) is 0. The van der Waals surface area contributed by atoms with E-state index in [9.17, 15) is 9.18 Å². The zero-order chi connectivity index (χ0) is 11.5. The van der Waals surface area contributed by atoms with E-state index in [1.54, 1.807) is 36.4 Å². The third kappa shape index (κ3) is 2.28. The smallest absolute Gasteiger partial charge is 0.252 e. The molecule has 2 aromatic rings. The third-order valence-corrected chi connectivity index (χ3v) is 2.49. The lowest BCUT2D eigenvalue weighted by Gasteiger charge is -2.02. The molecule has 0 aromatic heterocycles. The summed E-state index contributed by atoms with van der Waals surface area (Å²) >= 11 is 5.33. The van der Waals surface area contributed by atoms with Crippen LogP contribution in [0.5, 0.6) is 0 Å². The molecule has 0 aliphatic carbocycles. The fourth-order valence-corrected chi connectivity index (χ4v) is 1.59.